The van der Waals surface area contributed by atoms with Crippen molar-refractivity contribution in [2.24, 2.45) is 5.92 Å². The van der Waals surface area contributed by atoms with Crippen LogP contribution in [-0.4, -0.2) is 53.9 Å². The van der Waals surface area contributed by atoms with E-state index in [-0.39, 0.29) is 19.1 Å². The monoisotopic (exact) mass is 447 g/mol. The van der Waals surface area contributed by atoms with E-state index in [4.69, 9.17) is 4.74 Å². The lowest BCUT2D eigenvalue weighted by molar-refractivity contribution is -0.149. The summed E-state index contributed by atoms with van der Waals surface area (Å²) in [5.74, 6) is -1.15. The van der Waals surface area contributed by atoms with Crippen LogP contribution in [0, 0.1) is 5.92 Å². The topological polar surface area (TPSA) is 79.8 Å². The summed E-state index contributed by atoms with van der Waals surface area (Å²) in [6, 6.07) is 8.84. The first-order valence-electron chi connectivity index (χ1n) is 10.2. The summed E-state index contributed by atoms with van der Waals surface area (Å²) in [4.78, 5) is 43.8. The van der Waals surface area contributed by atoms with Crippen molar-refractivity contribution in [1.82, 2.24) is 9.88 Å². The summed E-state index contributed by atoms with van der Waals surface area (Å²) >= 11 is 0. The smallest absolute Gasteiger partial charge is 0.417 e. The minimum Gasteiger partial charge on any atom is -0.464 e. The van der Waals surface area contributed by atoms with Crippen LogP contribution in [0.5, 0.6) is 0 Å². The van der Waals surface area contributed by atoms with Crippen molar-refractivity contribution in [1.29, 1.82) is 0 Å². The van der Waals surface area contributed by atoms with Gasteiger partial charge in [-0.2, -0.15) is 13.2 Å². The molecule has 2 aromatic rings. The van der Waals surface area contributed by atoms with Gasteiger partial charge in [0.15, 0.2) is 0 Å². The van der Waals surface area contributed by atoms with E-state index in [1.165, 1.54) is 6.07 Å². The van der Waals surface area contributed by atoms with E-state index in [0.717, 1.165) is 17.2 Å². The standard InChI is InChI=1S/C22H20F3N3O4/c23-22(24,25)15-5-6-18(26-13-15)27-9-7-14(8-10-27)21(31)32-12-11-28-19(29)16-3-1-2-4-17(16)20(28)30/h1-6,13-14H,7-12H2. The highest BCUT2D eigenvalue weighted by Crippen LogP contribution is 2.30. The van der Waals surface area contributed by atoms with Gasteiger partial charge in [-0.05, 0) is 37.1 Å². The van der Waals surface area contributed by atoms with Gasteiger partial charge in [-0.15, -0.1) is 0 Å². The fourth-order valence-corrected chi connectivity index (χ4v) is 3.88. The van der Waals surface area contributed by atoms with Crippen LogP contribution >= 0.6 is 0 Å². The van der Waals surface area contributed by atoms with Crippen molar-refractivity contribution in [3.8, 4) is 0 Å². The van der Waals surface area contributed by atoms with E-state index in [2.05, 4.69) is 4.98 Å². The second kappa shape index (κ2) is 8.60. The summed E-state index contributed by atoms with van der Waals surface area (Å²) < 4.78 is 43.3. The zero-order chi connectivity index (χ0) is 22.9. The zero-order valence-corrected chi connectivity index (χ0v) is 17.0. The number of fused-ring (bicyclic) bond motifs is 1. The number of aromatic nitrogens is 1. The van der Waals surface area contributed by atoms with Gasteiger partial charge in [0, 0.05) is 19.3 Å². The largest absolute Gasteiger partial charge is 0.464 e. The molecule has 3 heterocycles. The van der Waals surface area contributed by atoms with E-state index in [0.29, 0.717) is 42.9 Å². The normalized spacial score (nSPS) is 17.0. The molecule has 0 radical (unpaired) electrons. The number of rotatable bonds is 5. The second-order valence-electron chi connectivity index (χ2n) is 7.64. The number of carbonyl (C=O) groups excluding carboxylic acids is 3. The highest BCUT2D eigenvalue weighted by molar-refractivity contribution is 6.21. The van der Waals surface area contributed by atoms with Crippen molar-refractivity contribution in [2.75, 3.05) is 31.1 Å². The summed E-state index contributed by atoms with van der Waals surface area (Å²) in [7, 11) is 0. The molecule has 0 spiro atoms. The number of esters is 1. The third kappa shape index (κ3) is 4.30. The molecule has 1 fully saturated rings. The van der Waals surface area contributed by atoms with Crippen LogP contribution < -0.4 is 4.90 Å². The van der Waals surface area contributed by atoms with Crippen molar-refractivity contribution in [2.45, 2.75) is 19.0 Å². The predicted molar refractivity (Wildman–Crippen MR) is 107 cm³/mol. The minimum atomic E-state index is -4.44. The Morgan fingerprint density at radius 3 is 2.19 bits per heavy atom. The van der Waals surface area contributed by atoms with Crippen LogP contribution in [0.3, 0.4) is 0 Å². The number of nitrogens with zero attached hydrogens (tertiary/aromatic N) is 3. The Bertz CT molecular complexity index is 996. The van der Waals surface area contributed by atoms with E-state index >= 15 is 0 Å². The molecule has 1 aromatic carbocycles. The second-order valence-corrected chi connectivity index (χ2v) is 7.64. The molecule has 168 valence electrons. The Morgan fingerprint density at radius 2 is 1.66 bits per heavy atom. The lowest BCUT2D eigenvalue weighted by atomic mass is 9.97. The molecule has 0 unspecified atom stereocenters. The zero-order valence-electron chi connectivity index (χ0n) is 17.0. The van der Waals surface area contributed by atoms with Crippen LogP contribution in [0.4, 0.5) is 19.0 Å². The highest BCUT2D eigenvalue weighted by atomic mass is 19.4. The molecule has 32 heavy (non-hydrogen) atoms. The van der Waals surface area contributed by atoms with Crippen LogP contribution in [-0.2, 0) is 15.7 Å². The summed E-state index contributed by atoms with van der Waals surface area (Å²) in [5, 5.41) is 0. The number of anilines is 1. The molecule has 4 rings (SSSR count). The first-order chi connectivity index (χ1) is 15.3. The maximum Gasteiger partial charge on any atom is 0.417 e. The van der Waals surface area contributed by atoms with Gasteiger partial charge in [0.1, 0.15) is 12.4 Å². The molecule has 2 amide bonds. The van der Waals surface area contributed by atoms with Crippen LogP contribution in [0.15, 0.2) is 42.6 Å². The number of hydrogen-bond donors (Lipinski definition) is 0. The molecule has 1 aromatic heterocycles. The Labute approximate surface area is 181 Å². The van der Waals surface area contributed by atoms with Crippen LogP contribution in [0.1, 0.15) is 39.1 Å². The van der Waals surface area contributed by atoms with Gasteiger partial charge in [0.05, 0.1) is 29.2 Å². The molecule has 0 bridgehead atoms. The number of halogens is 3. The molecule has 0 N–H and O–H groups in total. The maximum atomic E-state index is 12.7. The average molecular weight is 447 g/mol. The Hall–Kier alpha value is -3.43. The van der Waals surface area contributed by atoms with Crippen molar-refractivity contribution >= 4 is 23.6 Å². The fourth-order valence-electron chi connectivity index (χ4n) is 3.88. The maximum absolute atomic E-state index is 12.7. The van der Waals surface area contributed by atoms with E-state index in [1.807, 2.05) is 4.90 Å². The van der Waals surface area contributed by atoms with Gasteiger partial charge in [-0.1, -0.05) is 12.1 Å². The lowest BCUT2D eigenvalue weighted by Crippen LogP contribution is -2.38. The molecule has 0 aliphatic carbocycles. The minimum absolute atomic E-state index is 0.0214. The number of carbonyl (C=O) groups is 3. The predicted octanol–water partition coefficient (Wildman–Crippen LogP) is 3.16. The first-order valence-corrected chi connectivity index (χ1v) is 10.2. The number of benzene rings is 1. The van der Waals surface area contributed by atoms with Gasteiger partial charge in [-0.3, -0.25) is 19.3 Å². The molecule has 10 heteroatoms. The quantitative estimate of drug-likeness (QED) is 0.518. The number of amides is 2. The number of pyridine rings is 1. The molecule has 7 nitrogen and oxygen atoms in total. The van der Waals surface area contributed by atoms with Crippen molar-refractivity contribution in [3.05, 3.63) is 59.3 Å². The molecule has 0 saturated carbocycles. The van der Waals surface area contributed by atoms with E-state index in [1.54, 1.807) is 24.3 Å². The number of ether oxygens (including phenoxy) is 1. The summed E-state index contributed by atoms with van der Waals surface area (Å²) in [6.45, 7) is 0.796. The Kier molecular flexibility index (Phi) is 5.86. The van der Waals surface area contributed by atoms with Gasteiger partial charge in [0.2, 0.25) is 0 Å². The van der Waals surface area contributed by atoms with E-state index < -0.39 is 29.5 Å². The SMILES string of the molecule is O=C(OCCN1C(=O)c2ccccc2C1=O)C1CCN(c2ccc(C(F)(F)F)cn2)CC1. The molecule has 2 aliphatic rings. The molecular weight excluding hydrogens is 427 g/mol. The van der Waals surface area contributed by atoms with Crippen molar-refractivity contribution in [3.63, 3.8) is 0 Å². The van der Waals surface area contributed by atoms with Crippen LogP contribution in [0.2, 0.25) is 0 Å². The molecule has 0 atom stereocenters. The number of hydrogen-bond acceptors (Lipinski definition) is 6. The van der Waals surface area contributed by atoms with Gasteiger partial charge in [0.25, 0.3) is 11.8 Å². The number of imide groups is 1. The van der Waals surface area contributed by atoms with Crippen LogP contribution in [0.25, 0.3) is 0 Å². The average Bonchev–Trinajstić information content (AvgIpc) is 3.04. The first kappa shape index (κ1) is 21.8. The Morgan fingerprint density at radius 1 is 1.03 bits per heavy atom. The third-order valence-corrected chi connectivity index (χ3v) is 5.66. The fraction of sp³-hybridized carbons (Fsp3) is 0.364. The number of piperidine rings is 1. The molecular formula is C22H20F3N3O4. The van der Waals surface area contributed by atoms with Crippen molar-refractivity contribution < 1.29 is 32.3 Å². The third-order valence-electron chi connectivity index (χ3n) is 5.66. The Balaban J connectivity index is 1.24. The van der Waals surface area contributed by atoms with Gasteiger partial charge in [-0.25, -0.2) is 4.98 Å². The molecule has 1 saturated heterocycles. The number of alkyl halides is 3. The van der Waals surface area contributed by atoms with E-state index in [9.17, 15) is 27.6 Å². The van der Waals surface area contributed by atoms with Gasteiger partial charge >= 0.3 is 12.1 Å². The summed E-state index contributed by atoms with van der Waals surface area (Å²) in [5.41, 5.74) is -0.126. The van der Waals surface area contributed by atoms with Gasteiger partial charge < -0.3 is 9.64 Å². The summed E-state index contributed by atoms with van der Waals surface area (Å²) in [6.07, 6.45) is -2.70. The molecule has 2 aliphatic heterocycles. The highest BCUT2D eigenvalue weighted by Gasteiger charge is 2.35. The lowest BCUT2D eigenvalue weighted by Gasteiger charge is -2.31.